The molecule has 2 aromatic carbocycles. The van der Waals surface area contributed by atoms with Crippen molar-refractivity contribution in [2.45, 2.75) is 46.0 Å². The van der Waals surface area contributed by atoms with Crippen molar-refractivity contribution in [3.8, 4) is 22.6 Å². The number of likely N-dealkylation sites (N-methyl/N-ethyl adjacent to an activating group) is 1. The maximum Gasteiger partial charge on any atom is 0.237 e. The van der Waals surface area contributed by atoms with Gasteiger partial charge in [0.05, 0.1) is 25.7 Å². The Morgan fingerprint density at radius 2 is 1.83 bits per heavy atom. The summed E-state index contributed by atoms with van der Waals surface area (Å²) in [6.45, 7) is 7.88. The summed E-state index contributed by atoms with van der Waals surface area (Å²) >= 11 is 0. The van der Waals surface area contributed by atoms with E-state index in [0.717, 1.165) is 80.9 Å². The Morgan fingerprint density at radius 3 is 2.59 bits per heavy atom. The third-order valence-corrected chi connectivity index (χ3v) is 9.01. The maximum atomic E-state index is 12.5. The van der Waals surface area contributed by atoms with Crippen LogP contribution in [0, 0.1) is 13.8 Å². The molecule has 0 unspecified atom stereocenters. The van der Waals surface area contributed by atoms with Crippen molar-refractivity contribution in [2.75, 3.05) is 39.0 Å². The summed E-state index contributed by atoms with van der Waals surface area (Å²) in [4.78, 5) is 32.7. The number of amides is 1. The third kappa shape index (κ3) is 5.87. The van der Waals surface area contributed by atoms with Gasteiger partial charge in [-0.25, -0.2) is 9.97 Å². The molecule has 0 spiro atoms. The maximum absolute atomic E-state index is 12.5. The van der Waals surface area contributed by atoms with Gasteiger partial charge in [0.1, 0.15) is 17.0 Å². The van der Waals surface area contributed by atoms with Crippen LogP contribution in [-0.2, 0) is 24.4 Å². The first-order valence-corrected chi connectivity index (χ1v) is 15.8. The van der Waals surface area contributed by atoms with Gasteiger partial charge in [-0.15, -0.1) is 0 Å². The molecule has 10 nitrogen and oxygen atoms in total. The number of fused-ring (bicyclic) bond motifs is 2. The molecule has 0 bridgehead atoms. The largest absolute Gasteiger partial charge is 0.439 e. The number of likely N-dealkylation sites (tertiary alicyclic amines) is 1. The molecular weight excluding hydrogens is 578 g/mol. The van der Waals surface area contributed by atoms with E-state index in [4.69, 9.17) is 14.4 Å². The van der Waals surface area contributed by atoms with Gasteiger partial charge in [-0.3, -0.25) is 14.7 Å². The van der Waals surface area contributed by atoms with Crippen molar-refractivity contribution < 1.29 is 14.3 Å². The Labute approximate surface area is 268 Å². The molecule has 3 aromatic heterocycles. The van der Waals surface area contributed by atoms with Crippen molar-refractivity contribution >= 4 is 28.3 Å². The fraction of sp³-hybridized carbons (Fsp3) is 0.333. The number of benzene rings is 2. The van der Waals surface area contributed by atoms with Crippen LogP contribution in [0.25, 0.3) is 33.5 Å². The molecule has 1 atom stereocenters. The van der Waals surface area contributed by atoms with Gasteiger partial charge in [0.2, 0.25) is 11.8 Å². The summed E-state index contributed by atoms with van der Waals surface area (Å²) in [7, 11) is 3.78. The minimum absolute atomic E-state index is 0.0696. The molecule has 0 aliphatic carbocycles. The van der Waals surface area contributed by atoms with E-state index in [0.29, 0.717) is 37.9 Å². The average molecular weight is 618 g/mol. The van der Waals surface area contributed by atoms with Crippen LogP contribution in [0.2, 0.25) is 0 Å². The fourth-order valence-corrected chi connectivity index (χ4v) is 6.55. The molecule has 2 aliphatic heterocycles. The van der Waals surface area contributed by atoms with E-state index in [2.05, 4.69) is 59.4 Å². The van der Waals surface area contributed by atoms with Gasteiger partial charge < -0.3 is 24.6 Å². The lowest BCUT2D eigenvalue weighted by molar-refractivity contribution is -0.132. The second-order valence-electron chi connectivity index (χ2n) is 12.7. The minimum Gasteiger partial charge on any atom is -0.439 e. The molecule has 2 N–H and O–H groups in total. The second-order valence-corrected chi connectivity index (χ2v) is 12.7. The van der Waals surface area contributed by atoms with Crippen LogP contribution in [0.4, 0.5) is 11.5 Å². The fourth-order valence-electron chi connectivity index (χ4n) is 6.55. The first-order chi connectivity index (χ1) is 22.2. The lowest BCUT2D eigenvalue weighted by Crippen LogP contribution is -2.34. The van der Waals surface area contributed by atoms with E-state index in [1.165, 1.54) is 0 Å². The molecule has 2 aliphatic rings. The number of rotatable bonds is 8. The number of hydrogen-bond donors (Lipinski definition) is 2. The summed E-state index contributed by atoms with van der Waals surface area (Å²) < 4.78 is 6.23. The molecule has 46 heavy (non-hydrogen) atoms. The lowest BCUT2D eigenvalue weighted by atomic mass is 9.93. The average Bonchev–Trinajstić information content (AvgIpc) is 3.73. The minimum atomic E-state index is -0.237. The Hall–Kier alpha value is -4.64. The Morgan fingerprint density at radius 1 is 1.04 bits per heavy atom. The number of nitrogens with zero attached hydrogens (tertiary/aromatic N) is 6. The molecular formula is C36H39N7O3. The van der Waals surface area contributed by atoms with Gasteiger partial charge in [0.15, 0.2) is 5.82 Å². The quantitative estimate of drug-likeness (QED) is 0.240. The number of β-amino-alcohol motifs (C(OH)–C–C–N with tert-alkyl or cyclic N) is 1. The van der Waals surface area contributed by atoms with Gasteiger partial charge in [-0.05, 0) is 86.4 Å². The van der Waals surface area contributed by atoms with E-state index < -0.39 is 0 Å². The van der Waals surface area contributed by atoms with E-state index in [1.54, 1.807) is 4.90 Å². The number of hydrogen-bond acceptors (Lipinski definition) is 9. The van der Waals surface area contributed by atoms with Crippen LogP contribution < -0.4 is 5.32 Å². The van der Waals surface area contributed by atoms with Crippen molar-refractivity contribution in [1.82, 2.24) is 29.7 Å². The van der Waals surface area contributed by atoms with E-state index in [9.17, 15) is 9.90 Å². The number of carbonyl (C=O) groups is 1. The Bertz CT molecular complexity index is 1910. The molecule has 7 rings (SSSR count). The standard InChI is InChI=1S/C36H39N7O3/c1-22-27(7-5-9-29(22)36-40-31-19-43(20-32(31)46-36)33(45)21-41(3)4)28-8-6-10-30(23(28)2)39-35-34-25(11-13-37-35)15-24(16-38-34)17-42-14-12-26(44)18-42/h5-11,13,15-16,26,44H,12,14,17-21H2,1-4H3,(H,37,39)/t26-/m0/s1. The lowest BCUT2D eigenvalue weighted by Gasteiger charge is -2.18. The number of aromatic nitrogens is 3. The molecule has 10 heteroatoms. The van der Waals surface area contributed by atoms with Crippen LogP contribution in [0.3, 0.4) is 0 Å². The number of pyridine rings is 2. The van der Waals surface area contributed by atoms with Gasteiger partial charge in [-0.2, -0.15) is 0 Å². The van der Waals surface area contributed by atoms with Crippen molar-refractivity contribution in [3.05, 3.63) is 89.1 Å². The summed E-state index contributed by atoms with van der Waals surface area (Å²) in [6, 6.07) is 16.6. The molecule has 1 amide bonds. The number of nitrogens with one attached hydrogen (secondary N) is 1. The van der Waals surface area contributed by atoms with Crippen LogP contribution in [0.15, 0.2) is 65.3 Å². The summed E-state index contributed by atoms with van der Waals surface area (Å²) in [5.74, 6) is 2.12. The van der Waals surface area contributed by atoms with E-state index in [-0.39, 0.29) is 12.0 Å². The van der Waals surface area contributed by atoms with Gasteiger partial charge >= 0.3 is 0 Å². The van der Waals surface area contributed by atoms with Crippen molar-refractivity contribution in [2.24, 2.45) is 0 Å². The smallest absolute Gasteiger partial charge is 0.237 e. The normalized spacial score (nSPS) is 16.5. The molecule has 0 saturated carbocycles. The predicted molar refractivity (Wildman–Crippen MR) is 178 cm³/mol. The van der Waals surface area contributed by atoms with Gasteiger partial charge in [0.25, 0.3) is 0 Å². The summed E-state index contributed by atoms with van der Waals surface area (Å²) in [5.41, 5.74) is 9.03. The zero-order chi connectivity index (χ0) is 31.9. The van der Waals surface area contributed by atoms with Crippen LogP contribution >= 0.6 is 0 Å². The zero-order valence-electron chi connectivity index (χ0n) is 26.7. The van der Waals surface area contributed by atoms with E-state index >= 15 is 0 Å². The molecule has 236 valence electrons. The highest BCUT2D eigenvalue weighted by Crippen LogP contribution is 2.38. The first-order valence-electron chi connectivity index (χ1n) is 15.8. The van der Waals surface area contributed by atoms with Crippen LogP contribution in [-0.4, -0.2) is 80.5 Å². The van der Waals surface area contributed by atoms with Crippen LogP contribution in [0.1, 0.15) is 34.6 Å². The number of oxazole rings is 1. The van der Waals surface area contributed by atoms with Crippen LogP contribution in [0.5, 0.6) is 0 Å². The molecule has 1 fully saturated rings. The molecule has 5 aromatic rings. The molecule has 1 saturated heterocycles. The number of carbonyl (C=O) groups excluding carboxylic acids is 1. The topological polar surface area (TPSA) is 111 Å². The van der Waals surface area contributed by atoms with E-state index in [1.807, 2.05) is 49.6 Å². The number of aliphatic hydroxyl groups is 1. The third-order valence-electron chi connectivity index (χ3n) is 9.01. The van der Waals surface area contributed by atoms with Crippen molar-refractivity contribution in [1.29, 1.82) is 0 Å². The Kier molecular flexibility index (Phi) is 8.02. The van der Waals surface area contributed by atoms with Gasteiger partial charge in [-0.1, -0.05) is 24.3 Å². The summed E-state index contributed by atoms with van der Waals surface area (Å²) in [6.07, 6.45) is 4.31. The molecule has 5 heterocycles. The van der Waals surface area contributed by atoms with Crippen molar-refractivity contribution in [3.63, 3.8) is 0 Å². The SMILES string of the molecule is Cc1c(Nc2nccc3cc(CN4CC[C@H](O)C4)cnc23)cccc1-c1cccc(-c2nc3c(o2)CN(C(=O)CN(C)C)C3)c1C. The number of anilines is 2. The zero-order valence-corrected chi connectivity index (χ0v) is 26.7. The highest BCUT2D eigenvalue weighted by Gasteiger charge is 2.30. The predicted octanol–water partition coefficient (Wildman–Crippen LogP) is 5.28. The molecule has 0 radical (unpaired) electrons. The first kappa shape index (κ1) is 30.0. The van der Waals surface area contributed by atoms with Gasteiger partial charge in [0, 0.05) is 48.7 Å². The number of aliphatic hydroxyl groups excluding tert-OH is 1. The summed E-state index contributed by atoms with van der Waals surface area (Å²) in [5, 5.41) is 14.5. The monoisotopic (exact) mass is 617 g/mol. The second kappa shape index (κ2) is 12.3. The Balaban J connectivity index is 1.13. The highest BCUT2D eigenvalue weighted by atomic mass is 16.4. The highest BCUT2D eigenvalue weighted by molar-refractivity contribution is 5.91.